The zero-order valence-electron chi connectivity index (χ0n) is 14.8. The number of sulfone groups is 1. The highest BCUT2D eigenvalue weighted by atomic mass is 32.2. The van der Waals surface area contributed by atoms with E-state index in [2.05, 4.69) is 15.7 Å². The second-order valence-corrected chi connectivity index (χ2v) is 8.06. The molecule has 0 aliphatic rings. The Balaban J connectivity index is 1.47. The van der Waals surface area contributed by atoms with E-state index in [4.69, 9.17) is 0 Å². The third-order valence-corrected chi connectivity index (χ3v) is 5.07. The van der Waals surface area contributed by atoms with E-state index in [1.165, 1.54) is 12.1 Å². The fourth-order valence-electron chi connectivity index (χ4n) is 2.52. The van der Waals surface area contributed by atoms with Gasteiger partial charge in [0.2, 0.25) is 0 Å². The molecule has 140 valence electrons. The number of aromatic nitrogens is 2. The van der Waals surface area contributed by atoms with Crippen LogP contribution in [0.4, 0.5) is 10.5 Å². The van der Waals surface area contributed by atoms with Crippen molar-refractivity contribution in [2.45, 2.75) is 11.3 Å². The summed E-state index contributed by atoms with van der Waals surface area (Å²) in [6, 6.07) is 15.5. The molecule has 27 heavy (non-hydrogen) atoms. The van der Waals surface area contributed by atoms with E-state index in [9.17, 15) is 13.2 Å². The van der Waals surface area contributed by atoms with E-state index in [1.807, 2.05) is 36.5 Å². The third kappa shape index (κ3) is 5.18. The first-order valence-corrected chi connectivity index (χ1v) is 10.2. The van der Waals surface area contributed by atoms with Crippen molar-refractivity contribution in [3.05, 3.63) is 72.6 Å². The number of anilines is 1. The molecule has 2 aromatic carbocycles. The van der Waals surface area contributed by atoms with Gasteiger partial charge in [0.1, 0.15) is 0 Å². The summed E-state index contributed by atoms with van der Waals surface area (Å²) in [5.41, 5.74) is 2.61. The fourth-order valence-corrected chi connectivity index (χ4v) is 3.15. The van der Waals surface area contributed by atoms with E-state index in [1.54, 1.807) is 23.0 Å². The van der Waals surface area contributed by atoms with Gasteiger partial charge in [0, 0.05) is 30.9 Å². The molecule has 0 fully saturated rings. The van der Waals surface area contributed by atoms with Gasteiger partial charge in [-0.05, 0) is 54.4 Å². The Bertz CT molecular complexity index is 996. The molecule has 0 bridgehead atoms. The van der Waals surface area contributed by atoms with Gasteiger partial charge < -0.3 is 10.6 Å². The van der Waals surface area contributed by atoms with Gasteiger partial charge in [0.15, 0.2) is 9.84 Å². The second kappa shape index (κ2) is 8.05. The Hall–Kier alpha value is -3.13. The number of hydrogen-bond donors (Lipinski definition) is 2. The molecule has 8 heteroatoms. The molecule has 1 heterocycles. The molecule has 7 nitrogen and oxygen atoms in total. The first-order valence-electron chi connectivity index (χ1n) is 8.36. The minimum Gasteiger partial charge on any atom is -0.338 e. The maximum absolute atomic E-state index is 11.9. The highest BCUT2D eigenvalue weighted by molar-refractivity contribution is 7.90. The number of nitrogens with one attached hydrogen (secondary N) is 2. The predicted molar refractivity (Wildman–Crippen MR) is 104 cm³/mol. The molecular weight excluding hydrogens is 364 g/mol. The number of benzene rings is 2. The van der Waals surface area contributed by atoms with E-state index < -0.39 is 9.84 Å². The van der Waals surface area contributed by atoms with Gasteiger partial charge in [-0.15, -0.1) is 0 Å². The van der Waals surface area contributed by atoms with Crippen LogP contribution in [0.3, 0.4) is 0 Å². The number of amides is 2. The summed E-state index contributed by atoms with van der Waals surface area (Å²) >= 11 is 0. The number of carbonyl (C=O) groups is 1. The van der Waals surface area contributed by atoms with Crippen LogP contribution in [0.25, 0.3) is 5.69 Å². The molecular formula is C19H20N4O3S. The van der Waals surface area contributed by atoms with Crippen LogP contribution in [0.2, 0.25) is 0 Å². The van der Waals surface area contributed by atoms with Crippen LogP contribution >= 0.6 is 0 Å². The van der Waals surface area contributed by atoms with Gasteiger partial charge in [-0.3, -0.25) is 0 Å². The highest BCUT2D eigenvalue weighted by Gasteiger charge is 2.07. The minimum absolute atomic E-state index is 0.215. The number of rotatable bonds is 6. The smallest absolute Gasteiger partial charge is 0.319 e. The molecule has 3 aromatic rings. The Morgan fingerprint density at radius 2 is 1.78 bits per heavy atom. The summed E-state index contributed by atoms with van der Waals surface area (Å²) < 4.78 is 24.6. The molecule has 3 rings (SSSR count). The van der Waals surface area contributed by atoms with Crippen molar-refractivity contribution in [3.8, 4) is 5.69 Å². The number of urea groups is 1. The fraction of sp³-hybridized carbons (Fsp3) is 0.158. The van der Waals surface area contributed by atoms with E-state index in [-0.39, 0.29) is 10.9 Å². The van der Waals surface area contributed by atoms with Crippen molar-refractivity contribution in [1.29, 1.82) is 0 Å². The standard InChI is InChI=1S/C19H20N4O3S/c1-27(25,26)18-9-5-16(6-10-18)22-19(24)20-13-11-15-3-7-17(8-4-15)23-14-2-12-21-23/h2-10,12,14H,11,13H2,1H3,(H2,20,22,24). The maximum Gasteiger partial charge on any atom is 0.319 e. The molecule has 0 aliphatic carbocycles. The Kier molecular flexibility index (Phi) is 5.56. The Morgan fingerprint density at radius 1 is 1.07 bits per heavy atom. The van der Waals surface area contributed by atoms with Gasteiger partial charge >= 0.3 is 6.03 Å². The third-order valence-electron chi connectivity index (χ3n) is 3.94. The molecule has 2 N–H and O–H groups in total. The maximum atomic E-state index is 11.9. The number of carbonyl (C=O) groups excluding carboxylic acids is 1. The van der Waals surface area contributed by atoms with Crippen LogP contribution in [0.1, 0.15) is 5.56 Å². The number of nitrogens with zero attached hydrogens (tertiary/aromatic N) is 2. The van der Waals surface area contributed by atoms with Crippen LogP contribution in [0.15, 0.2) is 71.9 Å². The normalized spacial score (nSPS) is 11.1. The van der Waals surface area contributed by atoms with Crippen LogP contribution < -0.4 is 10.6 Å². The van der Waals surface area contributed by atoms with Gasteiger partial charge in [0.05, 0.1) is 10.6 Å². The van der Waals surface area contributed by atoms with Crippen molar-refractivity contribution in [2.75, 3.05) is 18.1 Å². The molecule has 0 aliphatic heterocycles. The summed E-state index contributed by atoms with van der Waals surface area (Å²) in [6.45, 7) is 0.481. The lowest BCUT2D eigenvalue weighted by molar-refractivity contribution is 0.252. The van der Waals surface area contributed by atoms with Crippen molar-refractivity contribution >= 4 is 21.6 Å². The van der Waals surface area contributed by atoms with Gasteiger partial charge in [-0.25, -0.2) is 17.9 Å². The molecule has 0 radical (unpaired) electrons. The summed E-state index contributed by atoms with van der Waals surface area (Å²) in [4.78, 5) is 12.2. The summed E-state index contributed by atoms with van der Waals surface area (Å²) in [5.74, 6) is 0. The zero-order chi connectivity index (χ0) is 19.3. The van der Waals surface area contributed by atoms with Gasteiger partial charge in [-0.1, -0.05) is 12.1 Å². The minimum atomic E-state index is -3.24. The Morgan fingerprint density at radius 3 is 2.37 bits per heavy atom. The molecule has 0 atom stereocenters. The average molecular weight is 384 g/mol. The average Bonchev–Trinajstić information content (AvgIpc) is 3.17. The van der Waals surface area contributed by atoms with Crippen LogP contribution in [-0.2, 0) is 16.3 Å². The molecule has 0 spiro atoms. The summed E-state index contributed by atoms with van der Waals surface area (Å²) in [7, 11) is -3.24. The molecule has 0 unspecified atom stereocenters. The van der Waals surface area contributed by atoms with Gasteiger partial charge in [0.25, 0.3) is 0 Å². The van der Waals surface area contributed by atoms with Gasteiger partial charge in [-0.2, -0.15) is 5.10 Å². The monoisotopic (exact) mass is 384 g/mol. The first kappa shape index (κ1) is 18.7. The molecule has 1 aromatic heterocycles. The largest absolute Gasteiger partial charge is 0.338 e. The quantitative estimate of drug-likeness (QED) is 0.683. The lowest BCUT2D eigenvalue weighted by atomic mass is 10.1. The van der Waals surface area contributed by atoms with Crippen molar-refractivity contribution in [2.24, 2.45) is 0 Å². The van der Waals surface area contributed by atoms with Crippen LogP contribution in [-0.4, -0.2) is 37.0 Å². The predicted octanol–water partition coefficient (Wildman–Crippen LogP) is 2.64. The first-order chi connectivity index (χ1) is 12.9. The zero-order valence-corrected chi connectivity index (χ0v) is 15.6. The summed E-state index contributed by atoms with van der Waals surface area (Å²) in [6.07, 6.45) is 5.44. The van der Waals surface area contributed by atoms with Crippen molar-refractivity contribution in [1.82, 2.24) is 15.1 Å². The molecule has 2 amide bonds. The molecule has 0 saturated carbocycles. The lowest BCUT2D eigenvalue weighted by Gasteiger charge is -2.09. The van der Waals surface area contributed by atoms with Crippen molar-refractivity contribution < 1.29 is 13.2 Å². The van der Waals surface area contributed by atoms with Crippen molar-refractivity contribution in [3.63, 3.8) is 0 Å². The van der Waals surface area contributed by atoms with Crippen LogP contribution in [0, 0.1) is 0 Å². The Labute approximate surface area is 157 Å². The topological polar surface area (TPSA) is 93.1 Å². The SMILES string of the molecule is CS(=O)(=O)c1ccc(NC(=O)NCCc2ccc(-n3cccn3)cc2)cc1. The van der Waals surface area contributed by atoms with Crippen LogP contribution in [0.5, 0.6) is 0 Å². The highest BCUT2D eigenvalue weighted by Crippen LogP contribution is 2.13. The number of hydrogen-bond acceptors (Lipinski definition) is 4. The lowest BCUT2D eigenvalue weighted by Crippen LogP contribution is -2.30. The molecule has 0 saturated heterocycles. The van der Waals surface area contributed by atoms with E-state index >= 15 is 0 Å². The summed E-state index contributed by atoms with van der Waals surface area (Å²) in [5, 5.41) is 9.64. The van der Waals surface area contributed by atoms with E-state index in [0.717, 1.165) is 17.5 Å². The van der Waals surface area contributed by atoms with E-state index in [0.29, 0.717) is 18.7 Å². The second-order valence-electron chi connectivity index (χ2n) is 6.04.